The van der Waals surface area contributed by atoms with Crippen molar-refractivity contribution in [2.45, 2.75) is 11.1 Å². The first-order chi connectivity index (χ1) is 15.4. The largest absolute Gasteiger partial charge is 0.479 e. The maximum Gasteiger partial charge on any atom is 0.417 e. The van der Waals surface area contributed by atoms with E-state index < -0.39 is 44.6 Å². The van der Waals surface area contributed by atoms with Crippen LogP contribution in [-0.4, -0.2) is 33.4 Å². The summed E-state index contributed by atoms with van der Waals surface area (Å²) >= 11 is 0. The Balaban J connectivity index is 1.99. The summed E-state index contributed by atoms with van der Waals surface area (Å²) in [5, 5.41) is 2.36. The molecule has 1 atom stereocenters. The number of hydrogen-bond donors (Lipinski definition) is 2. The number of rotatable bonds is 6. The third-order valence-corrected chi connectivity index (χ3v) is 5.31. The fraction of sp³-hybridized carbons (Fsp3) is 0.150. The minimum atomic E-state index is -4.80. The predicted octanol–water partition coefficient (Wildman–Crippen LogP) is 4.72. The Kier molecular flexibility index (Phi) is 6.53. The van der Waals surface area contributed by atoms with Gasteiger partial charge in [0, 0.05) is 29.1 Å². The topological polar surface area (TPSA) is 114 Å². The number of carbonyl (C=O) groups is 1. The van der Waals surface area contributed by atoms with E-state index in [0.717, 1.165) is 12.3 Å². The lowest BCUT2D eigenvalue weighted by Crippen LogP contribution is -2.16. The maximum atomic E-state index is 13.9. The van der Waals surface area contributed by atoms with Crippen LogP contribution in [0.5, 0.6) is 17.5 Å². The van der Waals surface area contributed by atoms with Crippen molar-refractivity contribution in [1.29, 1.82) is 4.78 Å². The van der Waals surface area contributed by atoms with Crippen LogP contribution in [-0.2, 0) is 15.9 Å². The molecule has 2 aromatic heterocycles. The van der Waals surface area contributed by atoms with Crippen LogP contribution in [0.15, 0.2) is 53.7 Å². The summed E-state index contributed by atoms with van der Waals surface area (Å²) in [6.07, 6.45) is -2.11. The summed E-state index contributed by atoms with van der Waals surface area (Å²) in [5.41, 5.74) is -1.73. The van der Waals surface area contributed by atoms with Crippen molar-refractivity contribution in [3.63, 3.8) is 0 Å². The number of amides is 1. The van der Waals surface area contributed by atoms with Crippen LogP contribution in [0.4, 0.5) is 23.2 Å². The van der Waals surface area contributed by atoms with E-state index in [4.69, 9.17) is 9.52 Å². The number of nitrogens with one attached hydrogen (secondary N) is 2. The van der Waals surface area contributed by atoms with E-state index in [1.807, 2.05) is 0 Å². The van der Waals surface area contributed by atoms with Crippen LogP contribution in [0.2, 0.25) is 0 Å². The Labute approximate surface area is 185 Å². The average molecular weight is 484 g/mol. The molecular weight excluding hydrogens is 468 g/mol. The molecule has 3 rings (SSSR count). The molecule has 8 nitrogen and oxygen atoms in total. The average Bonchev–Trinajstić information content (AvgIpc) is 2.73. The van der Waals surface area contributed by atoms with E-state index >= 15 is 0 Å². The second kappa shape index (κ2) is 9.02. The molecule has 0 fully saturated rings. The number of pyridine rings is 2. The molecule has 0 aliphatic heterocycles. The third kappa shape index (κ3) is 5.74. The van der Waals surface area contributed by atoms with E-state index in [1.165, 1.54) is 37.6 Å². The van der Waals surface area contributed by atoms with Crippen molar-refractivity contribution in [1.82, 2.24) is 9.97 Å². The fourth-order valence-corrected chi connectivity index (χ4v) is 3.28. The summed E-state index contributed by atoms with van der Waals surface area (Å²) < 4.78 is 83.1. The first-order valence-electron chi connectivity index (χ1n) is 8.98. The molecule has 33 heavy (non-hydrogen) atoms. The van der Waals surface area contributed by atoms with Gasteiger partial charge >= 0.3 is 6.18 Å². The zero-order chi connectivity index (χ0) is 24.4. The van der Waals surface area contributed by atoms with Crippen molar-refractivity contribution in [3.05, 3.63) is 65.7 Å². The van der Waals surface area contributed by atoms with Crippen LogP contribution in [0.1, 0.15) is 15.9 Å². The number of benzene rings is 1. The van der Waals surface area contributed by atoms with Crippen molar-refractivity contribution in [2.75, 3.05) is 18.7 Å². The fourth-order valence-electron chi connectivity index (χ4n) is 2.59. The van der Waals surface area contributed by atoms with Crippen molar-refractivity contribution in [3.8, 4) is 17.5 Å². The number of nitrogens with zero attached hydrogens (tertiary/aromatic N) is 2. The van der Waals surface area contributed by atoms with Gasteiger partial charge in [-0.05, 0) is 24.3 Å². The Morgan fingerprint density at radius 2 is 1.82 bits per heavy atom. The van der Waals surface area contributed by atoms with Gasteiger partial charge in [0.05, 0.1) is 28.6 Å². The molecule has 0 spiro atoms. The molecule has 174 valence electrons. The highest BCUT2D eigenvalue weighted by atomic mass is 32.2. The third-order valence-electron chi connectivity index (χ3n) is 4.15. The van der Waals surface area contributed by atoms with E-state index in [0.29, 0.717) is 12.3 Å². The lowest BCUT2D eigenvalue weighted by Gasteiger charge is -2.14. The second-order valence-electron chi connectivity index (χ2n) is 6.66. The van der Waals surface area contributed by atoms with E-state index in [1.54, 1.807) is 0 Å². The van der Waals surface area contributed by atoms with E-state index in [9.17, 15) is 26.6 Å². The number of methoxy groups -OCH3 is 1. The quantitative estimate of drug-likeness (QED) is 0.490. The van der Waals surface area contributed by atoms with E-state index in [-0.39, 0.29) is 22.2 Å². The highest BCUT2D eigenvalue weighted by molar-refractivity contribution is 7.91. The molecule has 2 N–H and O–H groups in total. The number of hydrogen-bond acceptors (Lipinski definition) is 7. The molecule has 0 aliphatic carbocycles. The minimum Gasteiger partial charge on any atom is -0.479 e. The van der Waals surface area contributed by atoms with Crippen LogP contribution in [0.25, 0.3) is 0 Å². The first kappa shape index (κ1) is 23.9. The van der Waals surface area contributed by atoms with Gasteiger partial charge in [0.15, 0.2) is 11.6 Å². The van der Waals surface area contributed by atoms with Gasteiger partial charge in [0.25, 0.3) is 5.91 Å². The molecule has 2 heterocycles. The monoisotopic (exact) mass is 484 g/mol. The summed E-state index contributed by atoms with van der Waals surface area (Å²) in [5.74, 6) is -3.04. The van der Waals surface area contributed by atoms with Gasteiger partial charge in [-0.2, -0.15) is 13.2 Å². The summed E-state index contributed by atoms with van der Waals surface area (Å²) in [7, 11) is -1.91. The molecule has 0 aliphatic rings. The van der Waals surface area contributed by atoms with Crippen molar-refractivity contribution >= 4 is 21.3 Å². The normalized spacial score (nSPS) is 13.2. The Bertz CT molecular complexity index is 1310. The van der Waals surface area contributed by atoms with Gasteiger partial charge in [-0.3, -0.25) is 4.79 Å². The zero-order valence-electron chi connectivity index (χ0n) is 17.1. The minimum absolute atomic E-state index is 0.0832. The standard InChI is InChI=1S/C20H16F4N4O4S/c1-31-19-16(21)8-13(10-27-19)32-18-15(6-11(9-26-18)20(22,23)24)17(29)28-12-4-3-5-14(7-12)33(2,25)30/h3-10,25H,1-2H3,(H,28,29). The van der Waals surface area contributed by atoms with Crippen molar-refractivity contribution in [2.24, 2.45) is 0 Å². The van der Waals surface area contributed by atoms with Gasteiger partial charge in [-0.25, -0.2) is 23.3 Å². The summed E-state index contributed by atoms with van der Waals surface area (Å²) in [6.45, 7) is 0. The number of anilines is 1. The molecule has 13 heteroatoms. The first-order valence-corrected chi connectivity index (χ1v) is 10.9. The maximum absolute atomic E-state index is 13.9. The smallest absolute Gasteiger partial charge is 0.417 e. The lowest BCUT2D eigenvalue weighted by atomic mass is 10.1. The SMILES string of the molecule is COc1ncc(Oc2ncc(C(F)(F)F)cc2C(=O)Nc2cccc(S(C)(=N)=O)c2)cc1F. The number of halogens is 4. The highest BCUT2D eigenvalue weighted by Gasteiger charge is 2.33. The second-order valence-corrected chi connectivity index (χ2v) is 8.82. The van der Waals surface area contributed by atoms with Gasteiger partial charge in [0.2, 0.25) is 11.8 Å². The van der Waals surface area contributed by atoms with Crippen LogP contribution in [0.3, 0.4) is 0 Å². The summed E-state index contributed by atoms with van der Waals surface area (Å²) in [6, 6.07) is 6.89. The molecule has 1 unspecified atom stereocenters. The molecule has 1 amide bonds. The van der Waals surface area contributed by atoms with Gasteiger partial charge < -0.3 is 14.8 Å². The molecule has 3 aromatic rings. The van der Waals surface area contributed by atoms with Gasteiger partial charge in [-0.1, -0.05) is 6.07 Å². The molecule has 0 bridgehead atoms. The number of aromatic nitrogens is 2. The number of alkyl halides is 3. The van der Waals surface area contributed by atoms with Gasteiger partial charge in [-0.15, -0.1) is 0 Å². The molecule has 1 aromatic carbocycles. The van der Waals surface area contributed by atoms with E-state index in [2.05, 4.69) is 20.0 Å². The highest BCUT2D eigenvalue weighted by Crippen LogP contribution is 2.33. The molecular formula is C20H16F4N4O4S. The number of ether oxygens (including phenoxy) is 2. The van der Waals surface area contributed by atoms with Crippen molar-refractivity contribution < 1.29 is 36.0 Å². The molecule has 0 saturated heterocycles. The van der Waals surface area contributed by atoms with Crippen LogP contribution in [0, 0.1) is 10.6 Å². The number of carbonyl (C=O) groups excluding carboxylic acids is 1. The summed E-state index contributed by atoms with van der Waals surface area (Å²) in [4.78, 5) is 20.1. The lowest BCUT2D eigenvalue weighted by molar-refractivity contribution is -0.137. The van der Waals surface area contributed by atoms with Crippen LogP contribution < -0.4 is 14.8 Å². The Morgan fingerprint density at radius 1 is 1.12 bits per heavy atom. The molecule has 0 radical (unpaired) electrons. The van der Waals surface area contributed by atoms with Gasteiger partial charge in [0.1, 0.15) is 5.56 Å². The predicted molar refractivity (Wildman–Crippen MR) is 110 cm³/mol. The molecule has 0 saturated carbocycles. The zero-order valence-corrected chi connectivity index (χ0v) is 17.9. The Morgan fingerprint density at radius 3 is 2.42 bits per heavy atom. The van der Waals surface area contributed by atoms with Crippen LogP contribution >= 0.6 is 0 Å². The Hall–Kier alpha value is -3.74.